The van der Waals surface area contributed by atoms with Gasteiger partial charge in [0.05, 0.1) is 7.11 Å². The molecule has 2 aliphatic heterocycles. The molecular weight excluding hydrogens is 367 g/mol. The van der Waals surface area contributed by atoms with Crippen LogP contribution in [0.25, 0.3) is 0 Å². The van der Waals surface area contributed by atoms with Crippen LogP contribution in [-0.2, 0) is 14.4 Å². The zero-order valence-electron chi connectivity index (χ0n) is 13.0. The molecule has 1 atom stereocenters. The molecule has 3 rings (SSSR count). The average Bonchev–Trinajstić information content (AvgIpc) is 2.75. The predicted molar refractivity (Wildman–Crippen MR) is 85.3 cm³/mol. The van der Waals surface area contributed by atoms with Crippen molar-refractivity contribution in [2.75, 3.05) is 20.2 Å². The number of amides is 1. The molecular formula is C16H18BrFN2O3. The molecule has 2 aliphatic rings. The summed E-state index contributed by atoms with van der Waals surface area (Å²) in [5.41, 5.74) is -0.0827. The third-order valence-corrected chi connectivity index (χ3v) is 5.31. The Balaban J connectivity index is 1.94. The highest BCUT2D eigenvalue weighted by atomic mass is 79.9. The lowest BCUT2D eigenvalue weighted by atomic mass is 9.80. The SMILES string of the molecule is CON1CCC2(CC1)NC(=O)C(c1cc(Br)cc(F)c1C)C2=O. The predicted octanol–water partition coefficient (Wildman–Crippen LogP) is 2.08. The summed E-state index contributed by atoms with van der Waals surface area (Å²) >= 11 is 3.23. The van der Waals surface area contributed by atoms with Gasteiger partial charge in [-0.15, -0.1) is 0 Å². The summed E-state index contributed by atoms with van der Waals surface area (Å²) in [5.74, 6) is -1.89. The van der Waals surface area contributed by atoms with E-state index in [1.807, 2.05) is 0 Å². The van der Waals surface area contributed by atoms with Gasteiger partial charge >= 0.3 is 0 Å². The molecule has 2 fully saturated rings. The number of nitrogens with one attached hydrogen (secondary N) is 1. The second kappa shape index (κ2) is 5.96. The van der Waals surface area contributed by atoms with Gasteiger partial charge in [0.25, 0.3) is 0 Å². The van der Waals surface area contributed by atoms with E-state index in [2.05, 4.69) is 21.2 Å². The number of hydrogen-bond donors (Lipinski definition) is 1. The largest absolute Gasteiger partial charge is 0.343 e. The molecule has 0 radical (unpaired) electrons. The van der Waals surface area contributed by atoms with Crippen LogP contribution in [0.5, 0.6) is 0 Å². The molecule has 2 saturated heterocycles. The first kappa shape index (κ1) is 16.5. The second-order valence-electron chi connectivity index (χ2n) is 6.08. The van der Waals surface area contributed by atoms with E-state index in [0.29, 0.717) is 41.5 Å². The number of benzene rings is 1. The van der Waals surface area contributed by atoms with E-state index in [4.69, 9.17) is 4.84 Å². The highest BCUT2D eigenvalue weighted by Gasteiger charge is 2.54. The van der Waals surface area contributed by atoms with Gasteiger partial charge in [0.15, 0.2) is 5.78 Å². The quantitative estimate of drug-likeness (QED) is 0.793. The first-order valence-electron chi connectivity index (χ1n) is 7.49. The van der Waals surface area contributed by atoms with Gasteiger partial charge in [-0.05, 0) is 43.0 Å². The Morgan fingerprint density at radius 2 is 2.00 bits per heavy atom. The molecule has 1 N–H and O–H groups in total. The summed E-state index contributed by atoms with van der Waals surface area (Å²) in [6, 6.07) is 2.99. The monoisotopic (exact) mass is 384 g/mol. The van der Waals surface area contributed by atoms with Crippen molar-refractivity contribution in [2.24, 2.45) is 0 Å². The molecule has 1 spiro atoms. The van der Waals surface area contributed by atoms with Gasteiger partial charge < -0.3 is 10.2 Å². The fourth-order valence-electron chi connectivity index (χ4n) is 3.43. The first-order valence-corrected chi connectivity index (χ1v) is 8.28. The molecule has 1 aromatic carbocycles. The molecule has 0 bridgehead atoms. The highest BCUT2D eigenvalue weighted by Crippen LogP contribution is 2.38. The van der Waals surface area contributed by atoms with Gasteiger partial charge in [0, 0.05) is 17.6 Å². The van der Waals surface area contributed by atoms with Gasteiger partial charge in [0.1, 0.15) is 17.3 Å². The summed E-state index contributed by atoms with van der Waals surface area (Å²) in [6.07, 6.45) is 0.995. The molecule has 1 amide bonds. The minimum absolute atomic E-state index is 0.168. The van der Waals surface area contributed by atoms with Crippen LogP contribution in [0.3, 0.4) is 0 Å². The van der Waals surface area contributed by atoms with Crippen LogP contribution in [-0.4, -0.2) is 42.5 Å². The van der Waals surface area contributed by atoms with Crippen LogP contribution in [0.15, 0.2) is 16.6 Å². The summed E-state index contributed by atoms with van der Waals surface area (Å²) in [6.45, 7) is 2.73. The summed E-state index contributed by atoms with van der Waals surface area (Å²) in [7, 11) is 1.59. The lowest BCUT2D eigenvalue weighted by Gasteiger charge is -2.36. The van der Waals surface area contributed by atoms with Crippen molar-refractivity contribution < 1.29 is 18.8 Å². The van der Waals surface area contributed by atoms with Crippen LogP contribution in [0.1, 0.15) is 29.9 Å². The van der Waals surface area contributed by atoms with Crippen LogP contribution in [0.2, 0.25) is 0 Å². The third-order valence-electron chi connectivity index (χ3n) is 4.85. The van der Waals surface area contributed by atoms with Gasteiger partial charge in [-0.2, -0.15) is 5.06 Å². The summed E-state index contributed by atoms with van der Waals surface area (Å²) < 4.78 is 14.5. The minimum Gasteiger partial charge on any atom is -0.343 e. The fraction of sp³-hybridized carbons (Fsp3) is 0.500. The van der Waals surface area contributed by atoms with Crippen molar-refractivity contribution in [1.29, 1.82) is 0 Å². The lowest BCUT2D eigenvalue weighted by molar-refractivity contribution is -0.157. The van der Waals surface area contributed by atoms with Crippen LogP contribution in [0, 0.1) is 12.7 Å². The van der Waals surface area contributed by atoms with Gasteiger partial charge in [-0.25, -0.2) is 4.39 Å². The van der Waals surface area contributed by atoms with Crippen molar-refractivity contribution >= 4 is 27.6 Å². The van der Waals surface area contributed by atoms with Crippen molar-refractivity contribution in [1.82, 2.24) is 10.4 Å². The molecule has 5 nitrogen and oxygen atoms in total. The maximum absolute atomic E-state index is 14.0. The normalized spacial score (nSPS) is 24.3. The number of carbonyl (C=O) groups is 2. The Morgan fingerprint density at radius 1 is 1.35 bits per heavy atom. The molecule has 0 aromatic heterocycles. The zero-order chi connectivity index (χ0) is 16.8. The molecule has 1 unspecified atom stereocenters. The van der Waals surface area contributed by atoms with Crippen LogP contribution < -0.4 is 5.32 Å². The number of halogens is 2. The van der Waals surface area contributed by atoms with Gasteiger partial charge in [-0.1, -0.05) is 15.9 Å². The Labute approximate surface area is 142 Å². The van der Waals surface area contributed by atoms with E-state index in [1.54, 1.807) is 25.2 Å². The lowest BCUT2D eigenvalue weighted by Crippen LogP contribution is -2.54. The Hall–Kier alpha value is -1.31. The minimum atomic E-state index is -0.948. The number of Topliss-reactive ketones (excluding diaryl/α,β-unsaturated/α-hetero) is 1. The van der Waals surface area contributed by atoms with Gasteiger partial charge in [-0.3, -0.25) is 9.59 Å². The van der Waals surface area contributed by atoms with Gasteiger partial charge in [0.2, 0.25) is 5.91 Å². The number of carbonyl (C=O) groups excluding carboxylic acids is 2. The topological polar surface area (TPSA) is 58.6 Å². The second-order valence-corrected chi connectivity index (χ2v) is 7.00. The first-order chi connectivity index (χ1) is 10.9. The molecule has 1 aromatic rings. The molecule has 0 saturated carbocycles. The standard InChI is InChI=1S/C16H18BrFN2O3/c1-9-11(7-10(17)8-12(9)18)13-14(21)16(19-15(13)22)3-5-20(23-2)6-4-16/h7-8,13H,3-6H2,1-2H3,(H,19,22). The Morgan fingerprint density at radius 3 is 2.61 bits per heavy atom. The van der Waals surface area contributed by atoms with Crippen LogP contribution >= 0.6 is 15.9 Å². The molecule has 23 heavy (non-hydrogen) atoms. The molecule has 7 heteroatoms. The maximum atomic E-state index is 14.0. The number of ketones is 1. The zero-order valence-corrected chi connectivity index (χ0v) is 14.6. The van der Waals surface area contributed by atoms with E-state index in [0.717, 1.165) is 0 Å². The van der Waals surface area contributed by atoms with Crippen molar-refractivity contribution in [3.05, 3.63) is 33.5 Å². The maximum Gasteiger partial charge on any atom is 0.235 e. The Kier molecular flexibility index (Phi) is 4.29. The van der Waals surface area contributed by atoms with Crippen molar-refractivity contribution in [3.8, 4) is 0 Å². The number of nitrogens with zero attached hydrogens (tertiary/aromatic N) is 1. The van der Waals surface area contributed by atoms with E-state index in [9.17, 15) is 14.0 Å². The highest BCUT2D eigenvalue weighted by molar-refractivity contribution is 9.10. The van der Waals surface area contributed by atoms with Crippen LogP contribution in [0.4, 0.5) is 4.39 Å². The van der Waals surface area contributed by atoms with Crippen molar-refractivity contribution in [2.45, 2.75) is 31.2 Å². The molecule has 2 heterocycles. The van der Waals surface area contributed by atoms with Crippen molar-refractivity contribution in [3.63, 3.8) is 0 Å². The molecule has 124 valence electrons. The third kappa shape index (κ3) is 2.70. The summed E-state index contributed by atoms with van der Waals surface area (Å²) in [5, 5.41) is 4.64. The Bertz CT molecular complexity index is 672. The number of rotatable bonds is 2. The van der Waals surface area contributed by atoms with E-state index in [1.165, 1.54) is 6.07 Å². The number of piperidine rings is 1. The molecule has 0 aliphatic carbocycles. The number of hydrogen-bond acceptors (Lipinski definition) is 4. The number of hydroxylamine groups is 2. The van der Waals surface area contributed by atoms with E-state index in [-0.39, 0.29) is 11.7 Å². The average molecular weight is 385 g/mol. The fourth-order valence-corrected chi connectivity index (χ4v) is 3.88. The smallest absolute Gasteiger partial charge is 0.235 e. The van der Waals surface area contributed by atoms with E-state index >= 15 is 0 Å². The van der Waals surface area contributed by atoms with E-state index < -0.39 is 17.3 Å². The summed E-state index contributed by atoms with van der Waals surface area (Å²) in [4.78, 5) is 30.6.